The molecule has 16 heavy (non-hydrogen) atoms. The third-order valence-corrected chi connectivity index (χ3v) is 3.58. The summed E-state index contributed by atoms with van der Waals surface area (Å²) < 4.78 is 7.75. The van der Waals surface area contributed by atoms with E-state index in [0.717, 1.165) is 30.2 Å². The summed E-state index contributed by atoms with van der Waals surface area (Å²) in [4.78, 5) is 11.4. The van der Waals surface area contributed by atoms with Gasteiger partial charge in [-0.2, -0.15) is 5.10 Å². The van der Waals surface area contributed by atoms with Crippen molar-refractivity contribution in [3.05, 3.63) is 16.9 Å². The van der Waals surface area contributed by atoms with E-state index in [2.05, 4.69) is 21.0 Å². The van der Waals surface area contributed by atoms with Crippen LogP contribution in [0.1, 0.15) is 31.7 Å². The molecular weight excluding hydrogens is 272 g/mol. The summed E-state index contributed by atoms with van der Waals surface area (Å²) >= 11 is 3.39. The Morgan fingerprint density at radius 3 is 2.69 bits per heavy atom. The van der Waals surface area contributed by atoms with Gasteiger partial charge in [0.05, 0.1) is 29.7 Å². The largest absolute Gasteiger partial charge is 0.469 e. The van der Waals surface area contributed by atoms with Gasteiger partial charge in [-0.05, 0) is 41.6 Å². The number of esters is 1. The summed E-state index contributed by atoms with van der Waals surface area (Å²) in [5.74, 6) is 0.0142. The van der Waals surface area contributed by atoms with Crippen LogP contribution in [-0.2, 0) is 9.53 Å². The first-order valence-electron chi connectivity index (χ1n) is 5.48. The first-order chi connectivity index (χ1) is 7.70. The minimum absolute atomic E-state index is 0.0694. The quantitative estimate of drug-likeness (QED) is 0.785. The number of methoxy groups -OCH3 is 1. The fourth-order valence-electron chi connectivity index (χ4n) is 2.26. The Bertz CT molecular complexity index is 370. The Morgan fingerprint density at radius 2 is 2.19 bits per heavy atom. The van der Waals surface area contributed by atoms with E-state index >= 15 is 0 Å². The van der Waals surface area contributed by atoms with Crippen LogP contribution in [0.15, 0.2) is 16.9 Å². The highest BCUT2D eigenvalue weighted by atomic mass is 79.9. The lowest BCUT2D eigenvalue weighted by atomic mass is 9.86. The van der Waals surface area contributed by atoms with Gasteiger partial charge in [0, 0.05) is 6.20 Å². The smallest absolute Gasteiger partial charge is 0.308 e. The third kappa shape index (κ3) is 2.45. The monoisotopic (exact) mass is 286 g/mol. The van der Waals surface area contributed by atoms with Gasteiger partial charge < -0.3 is 4.74 Å². The minimum Gasteiger partial charge on any atom is -0.469 e. The topological polar surface area (TPSA) is 44.1 Å². The van der Waals surface area contributed by atoms with E-state index in [0.29, 0.717) is 6.04 Å². The number of rotatable bonds is 2. The lowest BCUT2D eigenvalue weighted by molar-refractivity contribution is -0.146. The molecule has 4 nitrogen and oxygen atoms in total. The first kappa shape index (κ1) is 11.6. The van der Waals surface area contributed by atoms with Crippen molar-refractivity contribution in [2.24, 2.45) is 5.92 Å². The molecule has 0 aromatic carbocycles. The molecule has 0 atom stereocenters. The highest BCUT2D eigenvalue weighted by Crippen LogP contribution is 2.32. The molecular formula is C11H15BrN2O2. The Kier molecular flexibility index (Phi) is 3.63. The average Bonchev–Trinajstić information content (AvgIpc) is 2.75. The number of nitrogens with zero attached hydrogens (tertiary/aromatic N) is 2. The standard InChI is InChI=1S/C11H15BrN2O2/c1-16-11(15)8-2-4-10(5-3-8)14-7-9(12)6-13-14/h6-8,10H,2-5H2,1H3/t8-,10-. The molecule has 88 valence electrons. The number of ether oxygens (including phenoxy) is 1. The lowest BCUT2D eigenvalue weighted by Gasteiger charge is -2.26. The van der Waals surface area contributed by atoms with Crippen LogP contribution >= 0.6 is 15.9 Å². The molecule has 1 saturated carbocycles. The SMILES string of the molecule is COC(=O)[C@H]1CC[C@H](n2cc(Br)cn2)CC1. The molecule has 0 saturated heterocycles. The van der Waals surface area contributed by atoms with Gasteiger partial charge in [-0.15, -0.1) is 0 Å². The zero-order valence-electron chi connectivity index (χ0n) is 9.23. The molecule has 1 aliphatic rings. The normalized spacial score (nSPS) is 25.4. The van der Waals surface area contributed by atoms with Gasteiger partial charge in [-0.1, -0.05) is 0 Å². The predicted molar refractivity (Wildman–Crippen MR) is 62.9 cm³/mol. The van der Waals surface area contributed by atoms with Crippen LogP contribution in [0.4, 0.5) is 0 Å². The predicted octanol–water partition coefficient (Wildman–Crippen LogP) is 2.55. The van der Waals surface area contributed by atoms with E-state index in [9.17, 15) is 4.79 Å². The summed E-state index contributed by atoms with van der Waals surface area (Å²) in [5.41, 5.74) is 0. The van der Waals surface area contributed by atoms with Gasteiger partial charge in [0.2, 0.25) is 0 Å². The molecule has 1 aliphatic carbocycles. The highest BCUT2D eigenvalue weighted by Gasteiger charge is 2.27. The second kappa shape index (κ2) is 4.99. The number of hydrogen-bond acceptors (Lipinski definition) is 3. The van der Waals surface area contributed by atoms with Crippen LogP contribution in [0.25, 0.3) is 0 Å². The zero-order valence-corrected chi connectivity index (χ0v) is 10.8. The van der Waals surface area contributed by atoms with Crippen LogP contribution in [0.2, 0.25) is 0 Å². The number of halogens is 1. The lowest BCUT2D eigenvalue weighted by Crippen LogP contribution is -2.24. The van der Waals surface area contributed by atoms with E-state index in [1.165, 1.54) is 7.11 Å². The van der Waals surface area contributed by atoms with Gasteiger partial charge in [-0.25, -0.2) is 0 Å². The maximum Gasteiger partial charge on any atom is 0.308 e. The molecule has 5 heteroatoms. The van der Waals surface area contributed by atoms with E-state index in [-0.39, 0.29) is 11.9 Å². The zero-order chi connectivity index (χ0) is 11.5. The van der Waals surface area contributed by atoms with Crippen molar-refractivity contribution in [3.63, 3.8) is 0 Å². The molecule has 1 aromatic rings. The number of aromatic nitrogens is 2. The van der Waals surface area contributed by atoms with Crippen molar-refractivity contribution in [2.45, 2.75) is 31.7 Å². The summed E-state index contributed by atoms with van der Waals surface area (Å²) in [6.07, 6.45) is 7.57. The molecule has 0 aliphatic heterocycles. The number of carbonyl (C=O) groups is 1. The molecule has 0 radical (unpaired) electrons. The molecule has 0 spiro atoms. The van der Waals surface area contributed by atoms with Crippen LogP contribution < -0.4 is 0 Å². The Morgan fingerprint density at radius 1 is 1.50 bits per heavy atom. The van der Waals surface area contributed by atoms with Crippen molar-refractivity contribution in [2.75, 3.05) is 7.11 Å². The van der Waals surface area contributed by atoms with Crippen LogP contribution in [0.3, 0.4) is 0 Å². The van der Waals surface area contributed by atoms with Crippen molar-refractivity contribution in [3.8, 4) is 0 Å². The minimum atomic E-state index is -0.0694. The first-order valence-corrected chi connectivity index (χ1v) is 6.27. The average molecular weight is 287 g/mol. The summed E-state index contributed by atoms with van der Waals surface area (Å²) in [5, 5.41) is 4.28. The fourth-order valence-corrected chi connectivity index (χ4v) is 2.56. The molecule has 1 aromatic heterocycles. The summed E-state index contributed by atoms with van der Waals surface area (Å²) in [6.45, 7) is 0. The van der Waals surface area contributed by atoms with Gasteiger partial charge in [0.15, 0.2) is 0 Å². The van der Waals surface area contributed by atoms with Gasteiger partial charge in [-0.3, -0.25) is 9.48 Å². The highest BCUT2D eigenvalue weighted by molar-refractivity contribution is 9.10. The van der Waals surface area contributed by atoms with Crippen molar-refractivity contribution >= 4 is 21.9 Å². The Hall–Kier alpha value is -0.840. The molecule has 1 fully saturated rings. The molecule has 0 unspecified atom stereocenters. The maximum absolute atomic E-state index is 11.4. The van der Waals surface area contributed by atoms with Crippen LogP contribution in [-0.4, -0.2) is 22.9 Å². The van der Waals surface area contributed by atoms with E-state index in [1.807, 2.05) is 10.9 Å². The van der Waals surface area contributed by atoms with Gasteiger partial charge in [0.1, 0.15) is 0 Å². The Labute approximate surface area is 103 Å². The van der Waals surface area contributed by atoms with Gasteiger partial charge in [0.25, 0.3) is 0 Å². The van der Waals surface area contributed by atoms with Crippen LogP contribution in [0.5, 0.6) is 0 Å². The van der Waals surface area contributed by atoms with Crippen LogP contribution in [0, 0.1) is 5.92 Å². The maximum atomic E-state index is 11.4. The summed E-state index contributed by atoms with van der Waals surface area (Å²) in [7, 11) is 1.46. The fraction of sp³-hybridized carbons (Fsp3) is 0.636. The van der Waals surface area contributed by atoms with Gasteiger partial charge >= 0.3 is 5.97 Å². The molecule has 0 amide bonds. The van der Waals surface area contributed by atoms with E-state index in [1.54, 1.807) is 6.20 Å². The molecule has 0 N–H and O–H groups in total. The molecule has 1 heterocycles. The Balaban J connectivity index is 1.92. The summed E-state index contributed by atoms with van der Waals surface area (Å²) in [6, 6.07) is 0.423. The van der Waals surface area contributed by atoms with E-state index in [4.69, 9.17) is 4.74 Å². The third-order valence-electron chi connectivity index (χ3n) is 3.18. The molecule has 0 bridgehead atoms. The van der Waals surface area contributed by atoms with Crippen molar-refractivity contribution in [1.82, 2.24) is 9.78 Å². The van der Waals surface area contributed by atoms with Crippen molar-refractivity contribution < 1.29 is 9.53 Å². The second-order valence-corrected chi connectivity index (χ2v) is 5.08. The van der Waals surface area contributed by atoms with E-state index < -0.39 is 0 Å². The number of hydrogen-bond donors (Lipinski definition) is 0. The van der Waals surface area contributed by atoms with Crippen molar-refractivity contribution in [1.29, 1.82) is 0 Å². The number of carbonyl (C=O) groups excluding carboxylic acids is 1. The second-order valence-electron chi connectivity index (χ2n) is 4.17. The molecule has 2 rings (SSSR count).